The van der Waals surface area contributed by atoms with Gasteiger partial charge in [0.05, 0.1) is 25.8 Å². The van der Waals surface area contributed by atoms with Gasteiger partial charge in [-0.3, -0.25) is 14.9 Å². The third-order valence-electron chi connectivity index (χ3n) is 7.53. The van der Waals surface area contributed by atoms with Crippen LogP contribution in [0, 0.1) is 0 Å². The molecule has 0 spiro atoms. The molecule has 2 aromatic heterocycles. The van der Waals surface area contributed by atoms with Gasteiger partial charge in [-0.1, -0.05) is 54.6 Å². The fourth-order valence-electron chi connectivity index (χ4n) is 5.14. The van der Waals surface area contributed by atoms with E-state index in [2.05, 4.69) is 45.2 Å². The molecule has 0 radical (unpaired) electrons. The minimum Gasteiger partial charge on any atom is -0.378 e. The number of nitrogens with zero attached hydrogens (tertiary/aromatic N) is 2. The molecule has 0 bridgehead atoms. The zero-order chi connectivity index (χ0) is 28.2. The Morgan fingerprint density at radius 3 is 2.59 bits per heavy atom. The van der Waals surface area contributed by atoms with Gasteiger partial charge in [-0.2, -0.15) is 0 Å². The van der Waals surface area contributed by atoms with Crippen LogP contribution in [-0.2, 0) is 17.8 Å². The highest BCUT2D eigenvalue weighted by Crippen LogP contribution is 2.36. The second-order valence-electron chi connectivity index (χ2n) is 10.6. The Labute approximate surface area is 247 Å². The van der Waals surface area contributed by atoms with Gasteiger partial charge in [0.15, 0.2) is 0 Å². The molecule has 0 aliphatic carbocycles. The lowest BCUT2D eigenvalue weighted by atomic mass is 10.0. The maximum absolute atomic E-state index is 13.0. The number of nitrogens with one attached hydrogen (secondary N) is 3. The molecule has 2 aliphatic heterocycles. The number of thiophene rings is 1. The molecule has 4 heterocycles. The second kappa shape index (κ2) is 12.6. The number of likely N-dealkylation sites (tertiary alicyclic amines) is 1. The van der Waals surface area contributed by atoms with Gasteiger partial charge in [0.2, 0.25) is 5.91 Å². The summed E-state index contributed by atoms with van der Waals surface area (Å²) in [5.41, 5.74) is 3.31. The highest BCUT2D eigenvalue weighted by Gasteiger charge is 2.35. The molecule has 212 valence electrons. The molecule has 4 N–H and O–H groups in total. The van der Waals surface area contributed by atoms with Gasteiger partial charge in [0.1, 0.15) is 6.23 Å². The van der Waals surface area contributed by atoms with Crippen molar-refractivity contribution in [1.82, 2.24) is 20.5 Å². The van der Waals surface area contributed by atoms with Crippen LogP contribution in [0.15, 0.2) is 72.9 Å². The highest BCUT2D eigenvalue weighted by atomic mass is 32.1. The Hall–Kier alpha value is -3.41. The Kier molecular flexibility index (Phi) is 8.54. The number of aliphatic hydroxyl groups excluding tert-OH is 1. The lowest BCUT2D eigenvalue weighted by Gasteiger charge is -2.37. The fraction of sp³-hybridized carbons (Fsp3) is 0.323. The minimum absolute atomic E-state index is 0.000560. The molecular weight excluding hydrogens is 555 g/mol. The van der Waals surface area contributed by atoms with Crippen molar-refractivity contribution >= 4 is 39.5 Å². The number of thiazole rings is 1. The summed E-state index contributed by atoms with van der Waals surface area (Å²) < 4.78 is 0. The van der Waals surface area contributed by atoms with E-state index in [4.69, 9.17) is 0 Å². The zero-order valence-electron chi connectivity index (χ0n) is 22.6. The third kappa shape index (κ3) is 6.74. The number of hydrogen-bond acceptors (Lipinski definition) is 8. The number of aliphatic hydroxyl groups is 1. The predicted molar refractivity (Wildman–Crippen MR) is 163 cm³/mol. The number of hydrogen-bond donors (Lipinski definition) is 4. The summed E-state index contributed by atoms with van der Waals surface area (Å²) in [6, 6.07) is 21.7. The first-order valence-electron chi connectivity index (χ1n) is 14.0. The average molecular weight is 588 g/mol. The molecule has 2 amide bonds. The van der Waals surface area contributed by atoms with E-state index in [1.54, 1.807) is 17.4 Å². The first kappa shape index (κ1) is 27.7. The van der Waals surface area contributed by atoms with Crippen LogP contribution in [0.4, 0.5) is 5.00 Å². The van der Waals surface area contributed by atoms with Gasteiger partial charge >= 0.3 is 0 Å². The highest BCUT2D eigenvalue weighted by molar-refractivity contribution is 7.18. The van der Waals surface area contributed by atoms with E-state index in [1.165, 1.54) is 11.3 Å². The van der Waals surface area contributed by atoms with Crippen molar-refractivity contribution in [3.63, 3.8) is 0 Å². The first-order valence-corrected chi connectivity index (χ1v) is 15.6. The molecule has 2 atom stereocenters. The molecule has 2 fully saturated rings. The summed E-state index contributed by atoms with van der Waals surface area (Å²) in [6.45, 7) is 2.75. The van der Waals surface area contributed by atoms with Crippen LogP contribution >= 0.6 is 22.7 Å². The van der Waals surface area contributed by atoms with Gasteiger partial charge in [-0.15, -0.1) is 22.7 Å². The van der Waals surface area contributed by atoms with Crippen LogP contribution in [0.25, 0.3) is 10.4 Å². The molecule has 4 aromatic rings. The van der Waals surface area contributed by atoms with E-state index in [1.807, 2.05) is 47.5 Å². The van der Waals surface area contributed by atoms with Crippen molar-refractivity contribution in [2.24, 2.45) is 0 Å². The largest absolute Gasteiger partial charge is 0.378 e. The van der Waals surface area contributed by atoms with E-state index in [0.717, 1.165) is 46.0 Å². The fourth-order valence-corrected chi connectivity index (χ4v) is 7.02. The van der Waals surface area contributed by atoms with E-state index < -0.39 is 6.23 Å². The van der Waals surface area contributed by atoms with Crippen LogP contribution in [0.3, 0.4) is 0 Å². The van der Waals surface area contributed by atoms with Crippen molar-refractivity contribution in [3.8, 4) is 10.4 Å². The third-order valence-corrected chi connectivity index (χ3v) is 9.73. The number of rotatable bonds is 10. The molecule has 1 unspecified atom stereocenters. The predicted octanol–water partition coefficient (Wildman–Crippen LogP) is 4.45. The van der Waals surface area contributed by atoms with Crippen molar-refractivity contribution in [2.45, 2.75) is 44.0 Å². The van der Waals surface area contributed by atoms with E-state index in [-0.39, 0.29) is 23.8 Å². The Morgan fingerprint density at radius 2 is 1.83 bits per heavy atom. The summed E-state index contributed by atoms with van der Waals surface area (Å²) in [5.74, 6) is 0.205. The zero-order valence-corrected chi connectivity index (χ0v) is 24.2. The summed E-state index contributed by atoms with van der Waals surface area (Å²) in [4.78, 5) is 33.6. The number of anilines is 1. The molecule has 8 nitrogen and oxygen atoms in total. The van der Waals surface area contributed by atoms with Gasteiger partial charge in [0, 0.05) is 38.2 Å². The second-order valence-corrected chi connectivity index (χ2v) is 12.7. The first-order chi connectivity index (χ1) is 20.0. The van der Waals surface area contributed by atoms with E-state index >= 15 is 0 Å². The molecule has 2 aromatic carbocycles. The normalized spacial score (nSPS) is 17.8. The molecule has 10 heteroatoms. The quantitative estimate of drug-likeness (QED) is 0.204. The lowest BCUT2D eigenvalue weighted by Crippen LogP contribution is -2.48. The molecular formula is C31H33N5O3S2. The summed E-state index contributed by atoms with van der Waals surface area (Å²) >= 11 is 3.00. The van der Waals surface area contributed by atoms with Gasteiger partial charge < -0.3 is 20.6 Å². The van der Waals surface area contributed by atoms with Gasteiger partial charge in [-0.25, -0.2) is 4.98 Å². The Morgan fingerprint density at radius 1 is 1.02 bits per heavy atom. The van der Waals surface area contributed by atoms with Crippen LogP contribution in [0.2, 0.25) is 0 Å². The number of carbonyl (C=O) groups is 2. The summed E-state index contributed by atoms with van der Waals surface area (Å²) in [6.07, 6.45) is 3.73. The van der Waals surface area contributed by atoms with Crippen molar-refractivity contribution < 1.29 is 14.7 Å². The maximum Gasteiger partial charge on any atom is 0.264 e. The standard InChI is InChI=1S/C31H33N5O3S2/c37-27(15-20-5-2-1-3-6-20)33-16-21-8-10-22(11-9-21)26-17-34-30(41-26)23-18-36(19-23)31(39)25-12-13-28(40-25)35-29(38)24-7-4-14-32-24/h1-3,5-6,8-13,17,23-24,27,32-33,37H,4,7,14-16,18-19H2,(H,35,38)/t24-,27?/m0/s1. The van der Waals surface area contributed by atoms with Crippen LogP contribution < -0.4 is 16.0 Å². The number of aromatic nitrogens is 1. The van der Waals surface area contributed by atoms with Crippen LogP contribution in [-0.4, -0.2) is 58.7 Å². The van der Waals surface area contributed by atoms with Gasteiger partial charge in [0.25, 0.3) is 5.91 Å². The van der Waals surface area contributed by atoms with E-state index in [9.17, 15) is 14.7 Å². The van der Waals surface area contributed by atoms with Crippen molar-refractivity contribution in [2.75, 3.05) is 25.0 Å². The summed E-state index contributed by atoms with van der Waals surface area (Å²) in [7, 11) is 0. The number of amides is 2. The molecule has 41 heavy (non-hydrogen) atoms. The van der Waals surface area contributed by atoms with Crippen molar-refractivity contribution in [3.05, 3.63) is 93.9 Å². The Bertz CT molecular complexity index is 1470. The minimum atomic E-state index is -0.600. The SMILES string of the molecule is O=C(Nc1ccc(C(=O)N2CC(c3ncc(-c4ccc(CNC(O)Cc5ccccc5)cc4)s3)C2)s1)[C@@H]1CCCN1. The molecule has 2 aliphatic rings. The Balaban J connectivity index is 0.971. The molecule has 2 saturated heterocycles. The number of carbonyl (C=O) groups excluding carboxylic acids is 2. The smallest absolute Gasteiger partial charge is 0.264 e. The van der Waals surface area contributed by atoms with Crippen LogP contribution in [0.1, 0.15) is 44.6 Å². The van der Waals surface area contributed by atoms with Crippen LogP contribution in [0.5, 0.6) is 0 Å². The van der Waals surface area contributed by atoms with E-state index in [0.29, 0.717) is 35.9 Å². The lowest BCUT2D eigenvalue weighted by molar-refractivity contribution is -0.117. The van der Waals surface area contributed by atoms with Gasteiger partial charge in [-0.05, 0) is 48.2 Å². The van der Waals surface area contributed by atoms with Crippen molar-refractivity contribution in [1.29, 1.82) is 0 Å². The maximum atomic E-state index is 13.0. The summed E-state index contributed by atoms with van der Waals surface area (Å²) in [5, 5.41) is 21.4. The average Bonchev–Trinajstić information content (AvgIpc) is 3.75. The molecule has 0 saturated carbocycles. The number of benzene rings is 2. The molecule has 6 rings (SSSR count). The monoisotopic (exact) mass is 587 g/mol. The topological polar surface area (TPSA) is 107 Å².